The summed E-state index contributed by atoms with van der Waals surface area (Å²) >= 11 is 0. The fraction of sp³-hybridized carbons (Fsp3) is 0.143. The minimum atomic E-state index is 0.241. The van der Waals surface area contributed by atoms with Crippen LogP contribution in [0.25, 0.3) is 0 Å². The molecule has 10 heavy (non-hydrogen) atoms. The minimum absolute atomic E-state index is 0.241. The van der Waals surface area contributed by atoms with E-state index >= 15 is 0 Å². The van der Waals surface area contributed by atoms with Crippen LogP contribution >= 0.6 is 0 Å². The Bertz CT molecular complexity index is 237. The smallest absolute Gasteiger partial charge is 0.185 e. The largest absolute Gasteiger partial charge is 0.461 e. The molecule has 0 aromatic carbocycles. The molecule has 0 aliphatic carbocycles. The lowest BCUT2D eigenvalue weighted by Gasteiger charge is -1.85. The number of rotatable bonds is 3. The maximum absolute atomic E-state index is 10.2. The highest BCUT2D eigenvalue weighted by Gasteiger charge is 2.02. The van der Waals surface area contributed by atoms with Gasteiger partial charge >= 0.3 is 0 Å². The van der Waals surface area contributed by atoms with Gasteiger partial charge in [-0.05, 0) is 6.07 Å². The average Bonchev–Trinajstić information content (AvgIpc) is 2.36. The highest BCUT2D eigenvalue weighted by molar-refractivity contribution is 5.74. The summed E-state index contributed by atoms with van der Waals surface area (Å²) in [6.45, 7) is 0. The molecule has 0 amide bonds. The zero-order valence-corrected chi connectivity index (χ0v) is 5.24. The van der Waals surface area contributed by atoms with Crippen LogP contribution in [0.1, 0.15) is 16.1 Å². The second-order valence-corrected chi connectivity index (χ2v) is 1.80. The van der Waals surface area contributed by atoms with E-state index in [2.05, 4.69) is 0 Å². The number of hydrogen-bond acceptors (Lipinski definition) is 3. The molecule has 0 bridgehead atoms. The highest BCUT2D eigenvalue weighted by Crippen LogP contribution is 2.06. The van der Waals surface area contributed by atoms with Crippen LogP contribution in [0.4, 0.5) is 0 Å². The molecule has 3 heteroatoms. The van der Waals surface area contributed by atoms with Crippen LogP contribution < -0.4 is 0 Å². The molecule has 1 aromatic heterocycles. The van der Waals surface area contributed by atoms with Crippen LogP contribution in [-0.2, 0) is 11.2 Å². The van der Waals surface area contributed by atoms with E-state index in [1.165, 1.54) is 6.26 Å². The fourth-order valence-electron chi connectivity index (χ4n) is 0.709. The van der Waals surface area contributed by atoms with Gasteiger partial charge in [-0.2, -0.15) is 0 Å². The van der Waals surface area contributed by atoms with E-state index in [9.17, 15) is 9.59 Å². The van der Waals surface area contributed by atoms with E-state index in [0.29, 0.717) is 11.8 Å². The summed E-state index contributed by atoms with van der Waals surface area (Å²) in [5.74, 6) is 0.243. The van der Waals surface area contributed by atoms with Crippen LogP contribution in [0.3, 0.4) is 0 Å². The van der Waals surface area contributed by atoms with Gasteiger partial charge in [-0.1, -0.05) is 0 Å². The molecule has 0 N–H and O–H groups in total. The first-order chi connectivity index (χ1) is 4.88. The van der Waals surface area contributed by atoms with Crippen LogP contribution in [0, 0.1) is 0 Å². The molecule has 1 aromatic rings. The summed E-state index contributed by atoms with van der Waals surface area (Å²) in [7, 11) is 0. The zero-order chi connectivity index (χ0) is 7.40. The molecule has 0 radical (unpaired) electrons. The Morgan fingerprint density at radius 3 is 2.90 bits per heavy atom. The molecule has 0 spiro atoms. The Morgan fingerprint density at radius 2 is 2.30 bits per heavy atom. The topological polar surface area (TPSA) is 47.3 Å². The molecule has 1 heterocycles. The number of carbonyl (C=O) groups excluding carboxylic acids is 2. The second-order valence-electron chi connectivity index (χ2n) is 1.80. The lowest BCUT2D eigenvalue weighted by molar-refractivity contribution is -0.107. The third-order valence-corrected chi connectivity index (χ3v) is 1.19. The van der Waals surface area contributed by atoms with E-state index in [1.54, 1.807) is 6.07 Å². The highest BCUT2D eigenvalue weighted by atomic mass is 16.3. The Morgan fingerprint density at radius 1 is 1.50 bits per heavy atom. The second kappa shape index (κ2) is 2.96. The quantitative estimate of drug-likeness (QED) is 0.581. The van der Waals surface area contributed by atoms with E-state index < -0.39 is 0 Å². The number of carbonyl (C=O) groups is 2. The molecule has 0 saturated carbocycles. The normalized spacial score (nSPS) is 9.20. The van der Waals surface area contributed by atoms with Crippen molar-refractivity contribution in [1.29, 1.82) is 0 Å². The molecule has 0 unspecified atom stereocenters. The molecule has 52 valence electrons. The minimum Gasteiger partial charge on any atom is -0.461 e. The van der Waals surface area contributed by atoms with Gasteiger partial charge in [-0.25, -0.2) is 0 Å². The number of aldehydes is 2. The van der Waals surface area contributed by atoms with Crippen molar-refractivity contribution in [3.8, 4) is 0 Å². The van der Waals surface area contributed by atoms with Gasteiger partial charge < -0.3 is 9.21 Å². The first-order valence-corrected chi connectivity index (χ1v) is 2.83. The van der Waals surface area contributed by atoms with Crippen LogP contribution in [0.15, 0.2) is 16.7 Å². The summed E-state index contributed by atoms with van der Waals surface area (Å²) in [5.41, 5.74) is 0.644. The predicted molar refractivity (Wildman–Crippen MR) is 33.9 cm³/mol. The van der Waals surface area contributed by atoms with Gasteiger partial charge in [0, 0.05) is 12.0 Å². The van der Waals surface area contributed by atoms with Gasteiger partial charge in [0.2, 0.25) is 0 Å². The molecule has 0 atom stereocenters. The number of hydrogen-bond donors (Lipinski definition) is 0. The summed E-state index contributed by atoms with van der Waals surface area (Å²) in [4.78, 5) is 20.1. The van der Waals surface area contributed by atoms with Crippen molar-refractivity contribution in [3.63, 3.8) is 0 Å². The number of furan rings is 1. The van der Waals surface area contributed by atoms with Gasteiger partial charge in [-0.15, -0.1) is 0 Å². The lowest BCUT2D eigenvalue weighted by atomic mass is 10.2. The van der Waals surface area contributed by atoms with Crippen molar-refractivity contribution in [2.45, 2.75) is 6.42 Å². The van der Waals surface area contributed by atoms with Gasteiger partial charge in [-0.3, -0.25) is 4.79 Å². The van der Waals surface area contributed by atoms with E-state index in [1.807, 2.05) is 0 Å². The monoisotopic (exact) mass is 138 g/mol. The van der Waals surface area contributed by atoms with E-state index in [0.717, 1.165) is 6.29 Å². The first-order valence-electron chi connectivity index (χ1n) is 2.83. The van der Waals surface area contributed by atoms with Crippen molar-refractivity contribution >= 4 is 12.6 Å². The third kappa shape index (κ3) is 1.13. The molecule has 1 rings (SSSR count). The maximum atomic E-state index is 10.2. The van der Waals surface area contributed by atoms with Crippen molar-refractivity contribution in [2.75, 3.05) is 0 Å². The first kappa shape index (κ1) is 6.74. The average molecular weight is 138 g/mol. The molecule has 0 fully saturated rings. The fourth-order valence-corrected chi connectivity index (χ4v) is 0.709. The Hall–Kier alpha value is -1.38. The van der Waals surface area contributed by atoms with Gasteiger partial charge in [0.1, 0.15) is 6.29 Å². The predicted octanol–water partition coefficient (Wildman–Crippen LogP) is 0.834. The Balaban J connectivity index is 2.89. The van der Waals surface area contributed by atoms with Crippen LogP contribution in [-0.4, -0.2) is 12.6 Å². The molecular weight excluding hydrogens is 132 g/mol. The van der Waals surface area contributed by atoms with E-state index in [4.69, 9.17) is 4.42 Å². The summed E-state index contributed by atoms with van der Waals surface area (Å²) in [5, 5.41) is 0. The summed E-state index contributed by atoms with van der Waals surface area (Å²) in [6.07, 6.45) is 2.96. The zero-order valence-electron chi connectivity index (χ0n) is 5.24. The van der Waals surface area contributed by atoms with Crippen molar-refractivity contribution in [1.82, 2.24) is 0 Å². The van der Waals surface area contributed by atoms with Gasteiger partial charge in [0.05, 0.1) is 6.26 Å². The Labute approximate surface area is 57.6 Å². The summed E-state index contributed by atoms with van der Waals surface area (Å²) in [6, 6.07) is 1.61. The lowest BCUT2D eigenvalue weighted by Crippen LogP contribution is -1.87. The van der Waals surface area contributed by atoms with Crippen LogP contribution in [0.5, 0.6) is 0 Å². The molecule has 0 aliphatic heterocycles. The van der Waals surface area contributed by atoms with Crippen molar-refractivity contribution < 1.29 is 14.0 Å². The van der Waals surface area contributed by atoms with Crippen molar-refractivity contribution in [2.24, 2.45) is 0 Å². The summed E-state index contributed by atoms with van der Waals surface area (Å²) < 4.78 is 4.74. The SMILES string of the molecule is O=CCc1ccoc1C=O. The molecule has 0 aliphatic rings. The molecule has 0 saturated heterocycles. The van der Waals surface area contributed by atoms with Gasteiger partial charge in [0.25, 0.3) is 0 Å². The molecular formula is C7H6O3. The Kier molecular flexibility index (Phi) is 1.99. The molecule has 3 nitrogen and oxygen atoms in total. The van der Waals surface area contributed by atoms with E-state index in [-0.39, 0.29) is 12.2 Å². The van der Waals surface area contributed by atoms with Crippen molar-refractivity contribution in [3.05, 3.63) is 23.7 Å². The third-order valence-electron chi connectivity index (χ3n) is 1.19. The maximum Gasteiger partial charge on any atom is 0.185 e. The van der Waals surface area contributed by atoms with Gasteiger partial charge in [0.15, 0.2) is 12.0 Å². The standard InChI is InChI=1S/C7H6O3/c8-3-1-6-2-4-10-7(6)5-9/h2-5H,1H2. The van der Waals surface area contributed by atoms with Crippen LogP contribution in [0.2, 0.25) is 0 Å².